The second-order valence-corrected chi connectivity index (χ2v) is 7.05. The van der Waals surface area contributed by atoms with E-state index >= 15 is 0 Å². The second-order valence-electron chi connectivity index (χ2n) is 5.45. The summed E-state index contributed by atoms with van der Waals surface area (Å²) < 4.78 is 7.30. The van der Waals surface area contributed by atoms with Crippen LogP contribution in [0.2, 0.25) is 5.02 Å². The first-order chi connectivity index (χ1) is 13.0. The summed E-state index contributed by atoms with van der Waals surface area (Å²) in [6, 6.07) is 14.2. The summed E-state index contributed by atoms with van der Waals surface area (Å²) in [4.78, 5) is 25.1. The average molecular weight is 496 g/mol. The minimum absolute atomic E-state index is 0.172. The fraction of sp³-hybridized carbons (Fsp3) is 0.105. The van der Waals surface area contributed by atoms with Crippen molar-refractivity contribution in [3.05, 3.63) is 74.4 Å². The summed E-state index contributed by atoms with van der Waals surface area (Å²) in [6.07, 6.45) is 1.38. The first kappa shape index (κ1) is 19.4. The normalized spacial score (nSPS) is 10.5. The molecule has 0 fully saturated rings. The number of anilines is 1. The van der Waals surface area contributed by atoms with Gasteiger partial charge in [-0.25, -0.2) is 9.48 Å². The van der Waals surface area contributed by atoms with Crippen LogP contribution in [0.1, 0.15) is 27.6 Å². The molecule has 0 unspecified atom stereocenters. The monoisotopic (exact) mass is 495 g/mol. The van der Waals surface area contributed by atoms with Crippen LogP contribution in [0.15, 0.2) is 54.7 Å². The van der Waals surface area contributed by atoms with Crippen LogP contribution in [0.3, 0.4) is 0 Å². The van der Waals surface area contributed by atoms with Gasteiger partial charge in [-0.1, -0.05) is 29.8 Å². The fourth-order valence-corrected chi connectivity index (χ4v) is 3.19. The van der Waals surface area contributed by atoms with Crippen LogP contribution in [0.4, 0.5) is 5.82 Å². The van der Waals surface area contributed by atoms with Crippen LogP contribution < -0.4 is 5.32 Å². The number of aromatic nitrogens is 2. The summed E-state index contributed by atoms with van der Waals surface area (Å²) in [6.45, 7) is 1.93. The van der Waals surface area contributed by atoms with Gasteiger partial charge in [0.2, 0.25) is 0 Å². The molecular formula is C19H15ClIN3O3. The topological polar surface area (TPSA) is 73.2 Å². The quantitative estimate of drug-likeness (QED) is 0.416. The largest absolute Gasteiger partial charge is 0.462 e. The Kier molecular flexibility index (Phi) is 6.12. The molecule has 0 aliphatic rings. The van der Waals surface area contributed by atoms with Crippen molar-refractivity contribution >= 4 is 51.9 Å². The number of esters is 1. The zero-order valence-electron chi connectivity index (χ0n) is 14.3. The standard InChI is InChI=1S/C19H15ClIN3O3/c1-2-27-19(26)15-11-22-24(13-6-4-3-5-7-13)17(15)23-18(25)14-10-12(20)8-9-16(14)21/h3-11H,2H2,1H3,(H,23,25). The van der Waals surface area contributed by atoms with E-state index in [0.717, 1.165) is 3.57 Å². The molecule has 1 aromatic heterocycles. The number of hydrogen-bond acceptors (Lipinski definition) is 4. The summed E-state index contributed by atoms with van der Waals surface area (Å²) in [5.41, 5.74) is 1.27. The van der Waals surface area contributed by atoms with E-state index in [1.54, 1.807) is 25.1 Å². The van der Waals surface area contributed by atoms with Crippen molar-refractivity contribution in [2.45, 2.75) is 6.92 Å². The number of benzene rings is 2. The molecule has 0 radical (unpaired) electrons. The third kappa shape index (κ3) is 4.30. The van der Waals surface area contributed by atoms with Gasteiger partial charge in [-0.2, -0.15) is 5.10 Å². The fourth-order valence-electron chi connectivity index (χ4n) is 2.44. The third-order valence-electron chi connectivity index (χ3n) is 3.67. The molecule has 6 nitrogen and oxygen atoms in total. The highest BCUT2D eigenvalue weighted by Crippen LogP contribution is 2.24. The van der Waals surface area contributed by atoms with Crippen LogP contribution in [0.5, 0.6) is 0 Å². The van der Waals surface area contributed by atoms with Crippen molar-refractivity contribution in [3.63, 3.8) is 0 Å². The van der Waals surface area contributed by atoms with E-state index in [4.69, 9.17) is 16.3 Å². The van der Waals surface area contributed by atoms with E-state index in [1.165, 1.54) is 10.9 Å². The van der Waals surface area contributed by atoms with Gasteiger partial charge in [0.1, 0.15) is 5.56 Å². The lowest BCUT2D eigenvalue weighted by Gasteiger charge is -2.12. The maximum absolute atomic E-state index is 12.8. The molecule has 0 aliphatic heterocycles. The molecule has 27 heavy (non-hydrogen) atoms. The summed E-state index contributed by atoms with van der Waals surface area (Å²) in [5.74, 6) is -0.721. The molecule has 1 amide bonds. The summed E-state index contributed by atoms with van der Waals surface area (Å²) in [5, 5.41) is 7.48. The zero-order chi connectivity index (χ0) is 19.4. The molecule has 1 N–H and O–H groups in total. The summed E-state index contributed by atoms with van der Waals surface area (Å²) >= 11 is 8.07. The van der Waals surface area contributed by atoms with E-state index in [9.17, 15) is 9.59 Å². The van der Waals surface area contributed by atoms with E-state index in [-0.39, 0.29) is 18.0 Å². The van der Waals surface area contributed by atoms with Crippen LogP contribution in [0, 0.1) is 3.57 Å². The molecule has 0 bridgehead atoms. The van der Waals surface area contributed by atoms with Gasteiger partial charge in [0.15, 0.2) is 5.82 Å². The van der Waals surface area contributed by atoms with Gasteiger partial charge in [-0.3, -0.25) is 4.79 Å². The number of carbonyl (C=O) groups is 2. The molecule has 0 spiro atoms. The number of rotatable bonds is 5. The number of hydrogen-bond donors (Lipinski definition) is 1. The molecule has 1 heterocycles. The van der Waals surface area contributed by atoms with Crippen molar-refractivity contribution in [3.8, 4) is 5.69 Å². The SMILES string of the molecule is CCOC(=O)c1cnn(-c2ccccc2)c1NC(=O)c1cc(Cl)ccc1I. The van der Waals surface area contributed by atoms with Crippen molar-refractivity contribution < 1.29 is 14.3 Å². The molecule has 138 valence electrons. The lowest BCUT2D eigenvalue weighted by molar-refractivity contribution is 0.0527. The molecule has 8 heteroatoms. The van der Waals surface area contributed by atoms with Gasteiger partial charge < -0.3 is 10.1 Å². The Hall–Kier alpha value is -2.39. The van der Waals surface area contributed by atoms with Crippen molar-refractivity contribution in [1.29, 1.82) is 0 Å². The first-order valence-electron chi connectivity index (χ1n) is 8.08. The number of amides is 1. The molecule has 0 saturated heterocycles. The smallest absolute Gasteiger partial charge is 0.343 e. The number of carbonyl (C=O) groups excluding carboxylic acids is 2. The van der Waals surface area contributed by atoms with Gasteiger partial charge >= 0.3 is 5.97 Å². The van der Waals surface area contributed by atoms with E-state index in [0.29, 0.717) is 16.3 Å². The highest BCUT2D eigenvalue weighted by molar-refractivity contribution is 14.1. The van der Waals surface area contributed by atoms with Crippen LogP contribution >= 0.6 is 34.2 Å². The lowest BCUT2D eigenvalue weighted by Crippen LogP contribution is -2.19. The van der Waals surface area contributed by atoms with Gasteiger partial charge in [0, 0.05) is 8.59 Å². The minimum atomic E-state index is -0.559. The van der Waals surface area contributed by atoms with Crippen molar-refractivity contribution in [1.82, 2.24) is 9.78 Å². The van der Waals surface area contributed by atoms with Crippen molar-refractivity contribution in [2.24, 2.45) is 0 Å². The number of halogens is 2. The van der Waals surface area contributed by atoms with Gasteiger partial charge in [-0.05, 0) is 59.8 Å². The van der Waals surface area contributed by atoms with Gasteiger partial charge in [0.05, 0.1) is 24.1 Å². The molecule has 0 aliphatic carbocycles. The maximum Gasteiger partial charge on any atom is 0.343 e. The first-order valence-corrected chi connectivity index (χ1v) is 9.54. The second kappa shape index (κ2) is 8.53. The molecule has 3 rings (SSSR count). The average Bonchev–Trinajstić information content (AvgIpc) is 3.08. The third-order valence-corrected chi connectivity index (χ3v) is 4.85. The van der Waals surface area contributed by atoms with Gasteiger partial charge in [0.25, 0.3) is 5.91 Å². The highest BCUT2D eigenvalue weighted by Gasteiger charge is 2.22. The highest BCUT2D eigenvalue weighted by atomic mass is 127. The number of ether oxygens (including phenoxy) is 1. The van der Waals surface area contributed by atoms with E-state index < -0.39 is 11.9 Å². The maximum atomic E-state index is 12.8. The molecule has 2 aromatic carbocycles. The van der Waals surface area contributed by atoms with Crippen molar-refractivity contribution in [2.75, 3.05) is 11.9 Å². The lowest BCUT2D eigenvalue weighted by atomic mass is 10.2. The molecule has 0 saturated carbocycles. The van der Waals surface area contributed by atoms with E-state index in [2.05, 4.69) is 33.0 Å². The Morgan fingerprint density at radius 3 is 2.63 bits per heavy atom. The molecular weight excluding hydrogens is 481 g/mol. The Morgan fingerprint density at radius 2 is 1.93 bits per heavy atom. The molecule has 0 atom stereocenters. The Labute approximate surface area is 174 Å². The van der Waals surface area contributed by atoms with Crippen LogP contribution in [0.25, 0.3) is 5.69 Å². The predicted molar refractivity (Wildman–Crippen MR) is 112 cm³/mol. The number of nitrogens with zero attached hydrogens (tertiary/aromatic N) is 2. The van der Waals surface area contributed by atoms with Crippen LogP contribution in [-0.2, 0) is 4.74 Å². The zero-order valence-corrected chi connectivity index (χ0v) is 17.2. The molecule has 3 aromatic rings. The Balaban J connectivity index is 2.04. The number of para-hydroxylation sites is 1. The van der Waals surface area contributed by atoms with E-state index in [1.807, 2.05) is 30.3 Å². The van der Waals surface area contributed by atoms with Gasteiger partial charge in [-0.15, -0.1) is 0 Å². The number of nitrogens with one attached hydrogen (secondary N) is 1. The van der Waals surface area contributed by atoms with Crippen LogP contribution in [-0.4, -0.2) is 28.3 Å². The summed E-state index contributed by atoms with van der Waals surface area (Å²) in [7, 11) is 0. The minimum Gasteiger partial charge on any atom is -0.462 e. The Morgan fingerprint density at radius 1 is 1.19 bits per heavy atom. The predicted octanol–water partition coefficient (Wildman–Crippen LogP) is 4.56. The Bertz CT molecular complexity index is 989.